The Hall–Kier alpha value is -0.580. The zero-order valence-electron chi connectivity index (χ0n) is 10.7. The maximum Gasteiger partial charge on any atom is 0.255 e. The fourth-order valence-electron chi connectivity index (χ4n) is 3.32. The Kier molecular flexibility index (Phi) is 3.58. The van der Waals surface area contributed by atoms with Crippen LogP contribution in [-0.2, 0) is 0 Å². The van der Waals surface area contributed by atoms with Gasteiger partial charge < -0.3 is 10.2 Å². The molecule has 19 heavy (non-hydrogen) atoms. The van der Waals surface area contributed by atoms with Gasteiger partial charge in [-0.05, 0) is 53.4 Å². The minimum atomic E-state index is 0.0816. The summed E-state index contributed by atoms with van der Waals surface area (Å²) < 4.78 is 0.809. The molecule has 3 rings (SSSR count). The number of halogens is 2. The van der Waals surface area contributed by atoms with Crippen molar-refractivity contribution in [2.45, 2.75) is 25.4 Å². The molecular weight excluding hydrogens is 328 g/mol. The first-order chi connectivity index (χ1) is 9.08. The van der Waals surface area contributed by atoms with Crippen molar-refractivity contribution in [3.8, 4) is 0 Å². The van der Waals surface area contributed by atoms with E-state index in [4.69, 9.17) is 11.6 Å². The van der Waals surface area contributed by atoms with Gasteiger partial charge in [-0.3, -0.25) is 4.79 Å². The summed E-state index contributed by atoms with van der Waals surface area (Å²) in [6, 6.07) is 6.00. The molecule has 2 heterocycles. The minimum Gasteiger partial charge on any atom is -0.331 e. The van der Waals surface area contributed by atoms with E-state index >= 15 is 0 Å². The normalized spacial score (nSPS) is 29.6. The first kappa shape index (κ1) is 13.4. The molecule has 3 atom stereocenters. The molecule has 0 saturated carbocycles. The first-order valence-electron chi connectivity index (χ1n) is 6.56. The van der Waals surface area contributed by atoms with E-state index in [1.54, 1.807) is 12.1 Å². The molecule has 2 fully saturated rings. The standard InChI is InChI=1S/C14H16BrClN2O/c1-8-4-9-6-17-7-13(9)18(8)14(19)11-5-10(16)2-3-12(11)15/h2-3,5,8-9,13,17H,4,6-7H2,1H3. The maximum atomic E-state index is 12.8. The van der Waals surface area contributed by atoms with Crippen LogP contribution in [0, 0.1) is 5.92 Å². The molecule has 0 spiro atoms. The van der Waals surface area contributed by atoms with Gasteiger partial charge in [-0.1, -0.05) is 11.6 Å². The fourth-order valence-corrected chi connectivity index (χ4v) is 3.90. The molecule has 0 aromatic heterocycles. The van der Waals surface area contributed by atoms with E-state index in [1.807, 2.05) is 11.0 Å². The molecule has 102 valence electrons. The molecule has 2 aliphatic rings. The monoisotopic (exact) mass is 342 g/mol. The number of nitrogens with zero attached hydrogens (tertiary/aromatic N) is 1. The van der Waals surface area contributed by atoms with Crippen LogP contribution in [-0.4, -0.2) is 36.0 Å². The van der Waals surface area contributed by atoms with E-state index in [9.17, 15) is 4.79 Å². The Bertz CT molecular complexity index is 522. The Morgan fingerprint density at radius 1 is 1.47 bits per heavy atom. The van der Waals surface area contributed by atoms with Crippen LogP contribution in [0.5, 0.6) is 0 Å². The minimum absolute atomic E-state index is 0.0816. The highest BCUT2D eigenvalue weighted by molar-refractivity contribution is 9.10. The van der Waals surface area contributed by atoms with Gasteiger partial charge in [0.1, 0.15) is 0 Å². The molecule has 1 amide bonds. The zero-order chi connectivity index (χ0) is 13.6. The van der Waals surface area contributed by atoms with Gasteiger partial charge in [0.25, 0.3) is 5.91 Å². The van der Waals surface area contributed by atoms with E-state index < -0.39 is 0 Å². The van der Waals surface area contributed by atoms with Crippen molar-refractivity contribution >= 4 is 33.4 Å². The lowest BCUT2D eigenvalue weighted by Gasteiger charge is -2.28. The Morgan fingerprint density at radius 3 is 3.05 bits per heavy atom. The summed E-state index contributed by atoms with van der Waals surface area (Å²) in [5.41, 5.74) is 0.659. The predicted octanol–water partition coefficient (Wildman–Crippen LogP) is 2.92. The van der Waals surface area contributed by atoms with Gasteiger partial charge in [0, 0.05) is 34.7 Å². The molecule has 0 radical (unpaired) electrons. The second-order valence-corrected chi connectivity index (χ2v) is 6.70. The zero-order valence-corrected chi connectivity index (χ0v) is 13.0. The van der Waals surface area contributed by atoms with Crippen LogP contribution < -0.4 is 5.32 Å². The number of fused-ring (bicyclic) bond motifs is 1. The number of likely N-dealkylation sites (tertiary alicyclic amines) is 1. The van der Waals surface area contributed by atoms with Crippen molar-refractivity contribution in [3.05, 3.63) is 33.3 Å². The van der Waals surface area contributed by atoms with Crippen molar-refractivity contribution in [3.63, 3.8) is 0 Å². The molecular formula is C14H16BrClN2O. The average molecular weight is 344 g/mol. The summed E-state index contributed by atoms with van der Waals surface area (Å²) in [5, 5.41) is 3.97. The van der Waals surface area contributed by atoms with Crippen LogP contribution in [0.4, 0.5) is 0 Å². The highest BCUT2D eigenvalue weighted by Gasteiger charge is 2.44. The quantitative estimate of drug-likeness (QED) is 0.850. The van der Waals surface area contributed by atoms with Crippen LogP contribution >= 0.6 is 27.5 Å². The number of carbonyl (C=O) groups excluding carboxylic acids is 1. The SMILES string of the molecule is CC1CC2CNCC2N1C(=O)c1cc(Cl)ccc1Br. The largest absolute Gasteiger partial charge is 0.331 e. The van der Waals surface area contributed by atoms with E-state index in [1.165, 1.54) is 0 Å². The van der Waals surface area contributed by atoms with Gasteiger partial charge in [0.15, 0.2) is 0 Å². The van der Waals surface area contributed by atoms with Gasteiger partial charge in [-0.15, -0.1) is 0 Å². The molecule has 3 unspecified atom stereocenters. The summed E-state index contributed by atoms with van der Waals surface area (Å²) in [5.74, 6) is 0.676. The van der Waals surface area contributed by atoms with Crippen LogP contribution in [0.15, 0.2) is 22.7 Å². The van der Waals surface area contributed by atoms with Crippen molar-refractivity contribution in [1.29, 1.82) is 0 Å². The van der Waals surface area contributed by atoms with E-state index in [-0.39, 0.29) is 5.91 Å². The topological polar surface area (TPSA) is 32.3 Å². The summed E-state index contributed by atoms with van der Waals surface area (Å²) in [6.07, 6.45) is 1.08. The summed E-state index contributed by atoms with van der Waals surface area (Å²) in [7, 11) is 0. The third kappa shape index (κ3) is 2.30. The van der Waals surface area contributed by atoms with Gasteiger partial charge in [-0.2, -0.15) is 0 Å². The van der Waals surface area contributed by atoms with Crippen molar-refractivity contribution in [2.75, 3.05) is 13.1 Å². The van der Waals surface area contributed by atoms with Gasteiger partial charge >= 0.3 is 0 Å². The molecule has 1 aromatic rings. The van der Waals surface area contributed by atoms with Crippen LogP contribution in [0.1, 0.15) is 23.7 Å². The summed E-state index contributed by atoms with van der Waals surface area (Å²) >= 11 is 9.46. The summed E-state index contributed by atoms with van der Waals surface area (Å²) in [4.78, 5) is 14.8. The highest BCUT2D eigenvalue weighted by Crippen LogP contribution is 2.34. The molecule has 2 saturated heterocycles. The number of rotatable bonds is 1. The number of benzene rings is 1. The third-order valence-electron chi connectivity index (χ3n) is 4.17. The molecule has 5 heteroatoms. The van der Waals surface area contributed by atoms with Crippen molar-refractivity contribution in [2.24, 2.45) is 5.92 Å². The number of carbonyl (C=O) groups is 1. The van der Waals surface area contributed by atoms with E-state index in [2.05, 4.69) is 28.2 Å². The Balaban J connectivity index is 1.93. The lowest BCUT2D eigenvalue weighted by Crippen LogP contribution is -2.42. The van der Waals surface area contributed by atoms with Gasteiger partial charge in [0.2, 0.25) is 0 Å². The number of hydrogen-bond donors (Lipinski definition) is 1. The lowest BCUT2D eigenvalue weighted by atomic mass is 10.0. The van der Waals surface area contributed by atoms with Crippen LogP contribution in [0.25, 0.3) is 0 Å². The maximum absolute atomic E-state index is 12.8. The second-order valence-electron chi connectivity index (χ2n) is 5.41. The Morgan fingerprint density at radius 2 is 2.26 bits per heavy atom. The number of amides is 1. The number of nitrogens with one attached hydrogen (secondary N) is 1. The molecule has 0 aliphatic carbocycles. The van der Waals surface area contributed by atoms with Crippen LogP contribution in [0.2, 0.25) is 5.02 Å². The molecule has 3 nitrogen and oxygen atoms in total. The van der Waals surface area contributed by atoms with Crippen molar-refractivity contribution in [1.82, 2.24) is 10.2 Å². The third-order valence-corrected chi connectivity index (χ3v) is 5.10. The van der Waals surface area contributed by atoms with Crippen LogP contribution in [0.3, 0.4) is 0 Å². The molecule has 1 aromatic carbocycles. The fraction of sp³-hybridized carbons (Fsp3) is 0.500. The number of hydrogen-bond acceptors (Lipinski definition) is 2. The smallest absolute Gasteiger partial charge is 0.255 e. The predicted molar refractivity (Wildman–Crippen MR) is 79.5 cm³/mol. The Labute approximate surface area is 126 Å². The molecule has 2 aliphatic heterocycles. The molecule has 1 N–H and O–H groups in total. The highest BCUT2D eigenvalue weighted by atomic mass is 79.9. The van der Waals surface area contributed by atoms with E-state index in [0.717, 1.165) is 24.0 Å². The molecule has 0 bridgehead atoms. The summed E-state index contributed by atoms with van der Waals surface area (Å²) in [6.45, 7) is 4.06. The first-order valence-corrected chi connectivity index (χ1v) is 7.73. The van der Waals surface area contributed by atoms with Gasteiger partial charge in [-0.25, -0.2) is 0 Å². The second kappa shape index (κ2) is 5.08. The van der Waals surface area contributed by atoms with E-state index in [0.29, 0.717) is 28.6 Å². The van der Waals surface area contributed by atoms with Gasteiger partial charge in [0.05, 0.1) is 5.56 Å². The lowest BCUT2D eigenvalue weighted by molar-refractivity contribution is 0.0681. The van der Waals surface area contributed by atoms with Crippen molar-refractivity contribution < 1.29 is 4.79 Å². The average Bonchev–Trinajstić information content (AvgIpc) is 2.91.